The van der Waals surface area contributed by atoms with Crippen LogP contribution in [0.2, 0.25) is 0 Å². The maximum atomic E-state index is 2.28. The lowest BCUT2D eigenvalue weighted by molar-refractivity contribution is 0.863. The first-order valence-corrected chi connectivity index (χ1v) is 4.51. The molecule has 0 N–H and O–H groups in total. The fourth-order valence-corrected chi connectivity index (χ4v) is 1.21. The minimum atomic E-state index is 0.629. The molecule has 0 heterocycles. The van der Waals surface area contributed by atoms with Crippen LogP contribution in [0, 0.1) is 5.92 Å². The fraction of sp³-hybridized carbons (Fsp3) is 0.417. The molecule has 64 valence electrons. The van der Waals surface area contributed by atoms with Crippen molar-refractivity contribution < 1.29 is 0 Å². The predicted octanol–water partition coefficient (Wildman–Crippen LogP) is 3.77. The minimum Gasteiger partial charge on any atom is -0.0575 e. The minimum absolute atomic E-state index is 0.629. The molecular formula is C12H17+. The summed E-state index contributed by atoms with van der Waals surface area (Å²) in [6.07, 6.45) is 0. The van der Waals surface area contributed by atoms with E-state index in [1.54, 1.807) is 0 Å². The van der Waals surface area contributed by atoms with Crippen LogP contribution in [0.5, 0.6) is 0 Å². The monoisotopic (exact) mass is 161 g/mol. The topological polar surface area (TPSA) is 0 Å². The van der Waals surface area contributed by atoms with Crippen LogP contribution in [-0.4, -0.2) is 0 Å². The third-order valence-corrected chi connectivity index (χ3v) is 2.13. The zero-order valence-electron chi connectivity index (χ0n) is 8.39. The van der Waals surface area contributed by atoms with Gasteiger partial charge in [-0.05, 0) is 18.1 Å². The molecule has 0 fully saturated rings. The molecule has 0 radical (unpaired) electrons. The molecule has 12 heavy (non-hydrogen) atoms. The van der Waals surface area contributed by atoms with E-state index in [1.165, 1.54) is 17.0 Å². The Morgan fingerprint density at radius 2 is 1.83 bits per heavy atom. The van der Waals surface area contributed by atoms with Gasteiger partial charge in [0.2, 0.25) is 0 Å². The van der Waals surface area contributed by atoms with Crippen molar-refractivity contribution in [2.75, 3.05) is 0 Å². The average Bonchev–Trinajstić information content (AvgIpc) is 2.04. The van der Waals surface area contributed by atoms with Crippen LogP contribution in [0.4, 0.5) is 0 Å². The summed E-state index contributed by atoms with van der Waals surface area (Å²) < 4.78 is 0. The van der Waals surface area contributed by atoms with Crippen molar-refractivity contribution >= 4 is 0 Å². The van der Waals surface area contributed by atoms with Gasteiger partial charge in [0, 0.05) is 37.5 Å². The van der Waals surface area contributed by atoms with E-state index in [0.29, 0.717) is 5.92 Å². The van der Waals surface area contributed by atoms with E-state index in [9.17, 15) is 0 Å². The zero-order valence-corrected chi connectivity index (χ0v) is 8.39. The molecule has 0 saturated carbocycles. The van der Waals surface area contributed by atoms with Crippen LogP contribution < -0.4 is 0 Å². The van der Waals surface area contributed by atoms with Crippen molar-refractivity contribution in [2.24, 2.45) is 0 Å². The molecule has 0 aliphatic rings. The van der Waals surface area contributed by atoms with E-state index in [2.05, 4.69) is 52.0 Å². The van der Waals surface area contributed by atoms with Crippen molar-refractivity contribution in [3.05, 3.63) is 41.3 Å². The van der Waals surface area contributed by atoms with E-state index in [0.717, 1.165) is 0 Å². The molecule has 1 aromatic rings. The maximum absolute atomic E-state index is 2.28. The molecule has 0 atom stereocenters. The molecule has 0 heteroatoms. The highest BCUT2D eigenvalue weighted by Crippen LogP contribution is 2.19. The number of rotatable bonds is 2. The van der Waals surface area contributed by atoms with Gasteiger partial charge in [0.1, 0.15) is 5.56 Å². The lowest BCUT2D eigenvalue weighted by Gasteiger charge is -2.03. The Bertz CT molecular complexity index is 223. The molecule has 0 spiro atoms. The Morgan fingerprint density at radius 3 is 2.33 bits per heavy atom. The van der Waals surface area contributed by atoms with Gasteiger partial charge < -0.3 is 0 Å². The Kier molecular flexibility index (Phi) is 2.80. The molecule has 0 nitrogen and oxygen atoms in total. The SMILES string of the molecule is C[C+](C)c1cccc(C(C)C)c1. The second kappa shape index (κ2) is 3.66. The van der Waals surface area contributed by atoms with E-state index in [-0.39, 0.29) is 0 Å². The quantitative estimate of drug-likeness (QED) is 0.579. The molecule has 0 aliphatic heterocycles. The van der Waals surface area contributed by atoms with E-state index < -0.39 is 0 Å². The third kappa shape index (κ3) is 2.04. The summed E-state index contributed by atoms with van der Waals surface area (Å²) in [5.74, 6) is 2.02. The number of hydrogen-bond donors (Lipinski definition) is 0. The van der Waals surface area contributed by atoms with Gasteiger partial charge in [-0.3, -0.25) is 0 Å². The second-order valence-corrected chi connectivity index (χ2v) is 3.78. The number of hydrogen-bond acceptors (Lipinski definition) is 0. The highest BCUT2D eigenvalue weighted by atomic mass is 14.1. The van der Waals surface area contributed by atoms with Crippen LogP contribution in [-0.2, 0) is 0 Å². The van der Waals surface area contributed by atoms with Gasteiger partial charge in [0.25, 0.3) is 0 Å². The third-order valence-electron chi connectivity index (χ3n) is 2.13. The smallest absolute Gasteiger partial charge is 0.0575 e. The highest BCUT2D eigenvalue weighted by molar-refractivity contribution is 5.33. The average molecular weight is 161 g/mol. The normalized spacial score (nSPS) is 10.4. The molecule has 0 bridgehead atoms. The summed E-state index contributed by atoms with van der Waals surface area (Å²) in [6.45, 7) is 8.76. The maximum Gasteiger partial charge on any atom is 0.132 e. The molecule has 1 aromatic carbocycles. The Balaban J connectivity index is 2.96. The van der Waals surface area contributed by atoms with Crippen molar-refractivity contribution in [1.29, 1.82) is 0 Å². The van der Waals surface area contributed by atoms with Gasteiger partial charge >= 0.3 is 0 Å². The Labute approximate surface area is 75.6 Å². The lowest BCUT2D eigenvalue weighted by Crippen LogP contribution is -1.92. The summed E-state index contributed by atoms with van der Waals surface area (Å²) in [6, 6.07) is 8.77. The van der Waals surface area contributed by atoms with E-state index in [1.807, 2.05) is 0 Å². The van der Waals surface area contributed by atoms with E-state index in [4.69, 9.17) is 0 Å². The lowest BCUT2D eigenvalue weighted by atomic mass is 9.96. The Morgan fingerprint density at radius 1 is 1.17 bits per heavy atom. The van der Waals surface area contributed by atoms with Gasteiger partial charge in [-0.1, -0.05) is 13.8 Å². The summed E-state index contributed by atoms with van der Waals surface area (Å²) >= 11 is 0. The molecule has 0 saturated heterocycles. The van der Waals surface area contributed by atoms with Crippen LogP contribution in [0.15, 0.2) is 24.3 Å². The molecular weight excluding hydrogens is 144 g/mol. The molecule has 0 aromatic heterocycles. The summed E-state index contributed by atoms with van der Waals surface area (Å²) in [4.78, 5) is 0. The molecule has 1 rings (SSSR count). The predicted molar refractivity (Wildman–Crippen MR) is 54.2 cm³/mol. The molecule has 0 unspecified atom stereocenters. The van der Waals surface area contributed by atoms with Crippen molar-refractivity contribution in [2.45, 2.75) is 33.6 Å². The second-order valence-electron chi connectivity index (χ2n) is 3.78. The zero-order chi connectivity index (χ0) is 9.14. The van der Waals surface area contributed by atoms with Crippen molar-refractivity contribution in [1.82, 2.24) is 0 Å². The van der Waals surface area contributed by atoms with Crippen LogP contribution in [0.1, 0.15) is 44.7 Å². The van der Waals surface area contributed by atoms with Crippen LogP contribution in [0.25, 0.3) is 0 Å². The standard InChI is InChI=1S/C12H17/c1-9(2)11-6-5-7-12(8-11)10(3)4/h5-9H,1-4H3/q+1. The first-order chi connectivity index (χ1) is 5.61. The molecule has 0 aliphatic carbocycles. The van der Waals surface area contributed by atoms with Crippen molar-refractivity contribution in [3.63, 3.8) is 0 Å². The first-order valence-electron chi connectivity index (χ1n) is 4.51. The molecule has 0 amide bonds. The van der Waals surface area contributed by atoms with Gasteiger partial charge in [-0.15, -0.1) is 0 Å². The highest BCUT2D eigenvalue weighted by Gasteiger charge is 2.09. The van der Waals surface area contributed by atoms with Gasteiger partial charge in [0.15, 0.2) is 0 Å². The van der Waals surface area contributed by atoms with Gasteiger partial charge in [0.05, 0.1) is 0 Å². The van der Waals surface area contributed by atoms with Gasteiger partial charge in [-0.25, -0.2) is 0 Å². The Hall–Kier alpha value is -0.910. The van der Waals surface area contributed by atoms with Crippen LogP contribution >= 0.6 is 0 Å². The summed E-state index contributed by atoms with van der Waals surface area (Å²) in [5, 5.41) is 0. The summed E-state index contributed by atoms with van der Waals surface area (Å²) in [7, 11) is 0. The van der Waals surface area contributed by atoms with Crippen molar-refractivity contribution in [3.8, 4) is 0 Å². The van der Waals surface area contributed by atoms with Gasteiger partial charge in [-0.2, -0.15) is 0 Å². The summed E-state index contributed by atoms with van der Waals surface area (Å²) in [5.41, 5.74) is 2.79. The number of benzene rings is 1. The van der Waals surface area contributed by atoms with E-state index >= 15 is 0 Å². The van der Waals surface area contributed by atoms with Crippen LogP contribution in [0.3, 0.4) is 0 Å². The largest absolute Gasteiger partial charge is 0.132 e. The fourth-order valence-electron chi connectivity index (χ4n) is 1.21. The first kappa shape index (κ1) is 9.18.